The number of rotatable bonds is 7. The number of amides is 1. The summed E-state index contributed by atoms with van der Waals surface area (Å²) in [5.41, 5.74) is 1.89. The maximum atomic E-state index is 11.7. The Morgan fingerprint density at radius 2 is 2.05 bits per heavy atom. The molecular formula is C16H22N2O4. The van der Waals surface area contributed by atoms with Gasteiger partial charge in [0, 0.05) is 31.6 Å². The number of nitrogens with one attached hydrogen (secondary N) is 2. The molecule has 0 aromatic heterocycles. The summed E-state index contributed by atoms with van der Waals surface area (Å²) < 4.78 is 5.66. The first-order chi connectivity index (χ1) is 10.6. The molecule has 0 aliphatic carbocycles. The van der Waals surface area contributed by atoms with Gasteiger partial charge in [-0.3, -0.25) is 9.59 Å². The Hall–Kier alpha value is -1.92. The van der Waals surface area contributed by atoms with Crippen molar-refractivity contribution in [2.75, 3.05) is 25.0 Å². The minimum Gasteiger partial charge on any atom is -0.481 e. The highest BCUT2D eigenvalue weighted by Gasteiger charge is 2.13. The lowest BCUT2D eigenvalue weighted by Crippen LogP contribution is -2.39. The van der Waals surface area contributed by atoms with E-state index < -0.39 is 5.97 Å². The molecule has 120 valence electrons. The summed E-state index contributed by atoms with van der Waals surface area (Å²) in [5.74, 6) is -1.04. The first-order valence-corrected chi connectivity index (χ1v) is 7.56. The molecule has 1 atom stereocenters. The summed E-state index contributed by atoms with van der Waals surface area (Å²) in [4.78, 5) is 22.1. The lowest BCUT2D eigenvalue weighted by atomic mass is 10.1. The Balaban J connectivity index is 1.76. The van der Waals surface area contributed by atoms with E-state index in [0.717, 1.165) is 37.4 Å². The number of carboxylic acids is 1. The van der Waals surface area contributed by atoms with Gasteiger partial charge in [-0.05, 0) is 30.5 Å². The number of ether oxygens (including phenoxy) is 1. The smallest absolute Gasteiger partial charge is 0.303 e. The molecule has 6 nitrogen and oxygen atoms in total. The van der Waals surface area contributed by atoms with E-state index in [1.165, 1.54) is 0 Å². The maximum absolute atomic E-state index is 11.7. The van der Waals surface area contributed by atoms with Crippen LogP contribution in [0.5, 0.6) is 0 Å². The fraction of sp³-hybridized carbons (Fsp3) is 0.500. The third-order valence-electron chi connectivity index (χ3n) is 3.50. The molecule has 1 unspecified atom stereocenters. The molecule has 1 amide bonds. The van der Waals surface area contributed by atoms with Crippen molar-refractivity contribution in [3.63, 3.8) is 0 Å². The van der Waals surface area contributed by atoms with Gasteiger partial charge >= 0.3 is 5.97 Å². The van der Waals surface area contributed by atoms with E-state index in [0.29, 0.717) is 6.42 Å². The van der Waals surface area contributed by atoms with Crippen LogP contribution in [0.4, 0.5) is 5.69 Å². The van der Waals surface area contributed by atoms with Crippen molar-refractivity contribution in [3.8, 4) is 0 Å². The summed E-state index contributed by atoms with van der Waals surface area (Å²) in [6, 6.07) is 7.68. The van der Waals surface area contributed by atoms with Gasteiger partial charge in [0.05, 0.1) is 12.7 Å². The molecular weight excluding hydrogens is 284 g/mol. The molecule has 2 rings (SSSR count). The molecule has 0 saturated carbocycles. The molecule has 3 N–H and O–H groups in total. The van der Waals surface area contributed by atoms with Crippen molar-refractivity contribution in [2.24, 2.45) is 0 Å². The highest BCUT2D eigenvalue weighted by atomic mass is 16.5. The van der Waals surface area contributed by atoms with E-state index >= 15 is 0 Å². The van der Waals surface area contributed by atoms with Gasteiger partial charge in [-0.15, -0.1) is 0 Å². The largest absolute Gasteiger partial charge is 0.481 e. The monoisotopic (exact) mass is 306 g/mol. The van der Waals surface area contributed by atoms with Gasteiger partial charge in [-0.25, -0.2) is 0 Å². The van der Waals surface area contributed by atoms with Crippen LogP contribution in [-0.2, 0) is 20.7 Å². The van der Waals surface area contributed by atoms with E-state index in [9.17, 15) is 9.59 Å². The van der Waals surface area contributed by atoms with Crippen molar-refractivity contribution in [2.45, 2.75) is 31.8 Å². The van der Waals surface area contributed by atoms with Crippen LogP contribution in [0.25, 0.3) is 0 Å². The van der Waals surface area contributed by atoms with Crippen LogP contribution < -0.4 is 10.6 Å². The first-order valence-electron chi connectivity index (χ1n) is 7.56. The second kappa shape index (κ2) is 8.51. The van der Waals surface area contributed by atoms with Crippen LogP contribution in [0.2, 0.25) is 0 Å². The molecule has 22 heavy (non-hydrogen) atoms. The van der Waals surface area contributed by atoms with E-state index in [1.54, 1.807) is 0 Å². The van der Waals surface area contributed by atoms with Gasteiger partial charge in [0.15, 0.2) is 0 Å². The summed E-state index contributed by atoms with van der Waals surface area (Å²) in [6.45, 7) is 2.51. The zero-order valence-electron chi connectivity index (χ0n) is 12.5. The zero-order chi connectivity index (χ0) is 15.8. The minimum absolute atomic E-state index is 0.0157. The lowest BCUT2D eigenvalue weighted by Gasteiger charge is -2.23. The van der Waals surface area contributed by atoms with Crippen molar-refractivity contribution in [1.82, 2.24) is 5.32 Å². The van der Waals surface area contributed by atoms with E-state index in [1.807, 2.05) is 24.3 Å². The minimum atomic E-state index is -0.878. The number of hydrogen-bond acceptors (Lipinski definition) is 4. The van der Waals surface area contributed by atoms with Crippen LogP contribution in [0, 0.1) is 0 Å². The van der Waals surface area contributed by atoms with Crippen LogP contribution in [0.3, 0.4) is 0 Å². The second-order valence-corrected chi connectivity index (χ2v) is 5.39. The predicted molar refractivity (Wildman–Crippen MR) is 82.9 cm³/mol. The number of morpholine rings is 1. The van der Waals surface area contributed by atoms with Crippen molar-refractivity contribution in [1.29, 1.82) is 0 Å². The Morgan fingerprint density at radius 3 is 2.68 bits per heavy atom. The van der Waals surface area contributed by atoms with Crippen LogP contribution in [0.1, 0.15) is 24.8 Å². The van der Waals surface area contributed by atoms with Gasteiger partial charge in [-0.2, -0.15) is 0 Å². The maximum Gasteiger partial charge on any atom is 0.303 e. The second-order valence-electron chi connectivity index (χ2n) is 5.39. The Bertz CT molecular complexity index is 495. The van der Waals surface area contributed by atoms with E-state index in [-0.39, 0.29) is 24.9 Å². The number of anilines is 1. The number of carbonyl (C=O) groups excluding carboxylic acids is 1. The zero-order valence-corrected chi connectivity index (χ0v) is 12.5. The Morgan fingerprint density at radius 1 is 1.27 bits per heavy atom. The van der Waals surface area contributed by atoms with E-state index in [4.69, 9.17) is 9.84 Å². The van der Waals surface area contributed by atoms with Crippen molar-refractivity contribution < 1.29 is 19.4 Å². The molecule has 1 aromatic rings. The van der Waals surface area contributed by atoms with Crippen molar-refractivity contribution in [3.05, 3.63) is 29.8 Å². The van der Waals surface area contributed by atoms with Gasteiger partial charge in [0.2, 0.25) is 5.91 Å². The van der Waals surface area contributed by atoms with Gasteiger partial charge < -0.3 is 20.5 Å². The predicted octanol–water partition coefficient (Wildman–Crippen LogP) is 1.41. The van der Waals surface area contributed by atoms with Crippen LogP contribution >= 0.6 is 0 Å². The lowest BCUT2D eigenvalue weighted by molar-refractivity contribution is -0.137. The summed E-state index contributed by atoms with van der Waals surface area (Å²) in [6.07, 6.45) is 1.63. The summed E-state index contributed by atoms with van der Waals surface area (Å²) in [7, 11) is 0. The third kappa shape index (κ3) is 5.83. The van der Waals surface area contributed by atoms with Gasteiger partial charge in [0.25, 0.3) is 0 Å². The molecule has 0 bridgehead atoms. The molecule has 1 aliphatic heterocycles. The summed E-state index contributed by atoms with van der Waals surface area (Å²) in [5, 5.41) is 14.6. The number of carbonyl (C=O) groups is 2. The molecule has 1 heterocycles. The molecule has 0 spiro atoms. The van der Waals surface area contributed by atoms with Crippen LogP contribution in [0.15, 0.2) is 24.3 Å². The number of benzene rings is 1. The number of carboxylic acid groups (broad SMARTS) is 1. The van der Waals surface area contributed by atoms with Crippen molar-refractivity contribution >= 4 is 17.6 Å². The Kier molecular flexibility index (Phi) is 6.36. The SMILES string of the molecule is O=C(O)CCCC(=O)Nc1ccc(CC2CNCCO2)cc1. The molecule has 1 saturated heterocycles. The van der Waals surface area contributed by atoms with Crippen LogP contribution in [-0.4, -0.2) is 42.8 Å². The third-order valence-corrected chi connectivity index (χ3v) is 3.50. The number of aliphatic carboxylic acids is 1. The van der Waals surface area contributed by atoms with Gasteiger partial charge in [-0.1, -0.05) is 12.1 Å². The number of hydrogen-bond donors (Lipinski definition) is 3. The molecule has 1 fully saturated rings. The molecule has 1 aliphatic rings. The topological polar surface area (TPSA) is 87.7 Å². The highest BCUT2D eigenvalue weighted by Crippen LogP contribution is 2.13. The van der Waals surface area contributed by atoms with Gasteiger partial charge in [0.1, 0.15) is 0 Å². The average molecular weight is 306 g/mol. The fourth-order valence-corrected chi connectivity index (χ4v) is 2.36. The quantitative estimate of drug-likeness (QED) is 0.709. The normalized spacial score (nSPS) is 17.9. The Labute approximate surface area is 129 Å². The standard InChI is InChI=1S/C16H22N2O4/c19-15(2-1-3-16(20)21)18-13-6-4-12(5-7-13)10-14-11-17-8-9-22-14/h4-7,14,17H,1-3,8-11H2,(H,18,19)(H,20,21). The average Bonchev–Trinajstić information content (AvgIpc) is 2.50. The summed E-state index contributed by atoms with van der Waals surface area (Å²) >= 11 is 0. The molecule has 6 heteroatoms. The molecule has 0 radical (unpaired) electrons. The fourth-order valence-electron chi connectivity index (χ4n) is 2.36. The first kappa shape index (κ1) is 16.5. The highest BCUT2D eigenvalue weighted by molar-refractivity contribution is 5.90. The molecule has 1 aromatic carbocycles. The van der Waals surface area contributed by atoms with E-state index in [2.05, 4.69) is 10.6 Å².